The quantitative estimate of drug-likeness (QED) is 0.914. The number of hydrogen-bond acceptors (Lipinski definition) is 4. The molecule has 0 saturated carbocycles. The van der Waals surface area contributed by atoms with Crippen molar-refractivity contribution in [1.29, 1.82) is 0 Å². The van der Waals surface area contributed by atoms with Gasteiger partial charge in [-0.05, 0) is 24.3 Å². The highest BCUT2D eigenvalue weighted by Crippen LogP contribution is 2.22. The Morgan fingerprint density at radius 3 is 2.73 bits per heavy atom. The van der Waals surface area contributed by atoms with E-state index in [9.17, 15) is 13.6 Å². The number of rotatable bonds is 3. The molecule has 2 aromatic carbocycles. The lowest BCUT2D eigenvalue weighted by molar-refractivity contribution is 0.0696. The Bertz CT molecular complexity index is 777. The van der Waals surface area contributed by atoms with Crippen molar-refractivity contribution >= 4 is 11.8 Å². The lowest BCUT2D eigenvalue weighted by Gasteiger charge is -2.10. The van der Waals surface area contributed by atoms with Crippen LogP contribution in [-0.2, 0) is 4.84 Å². The third kappa shape index (κ3) is 2.60. The van der Waals surface area contributed by atoms with Crippen LogP contribution in [0, 0.1) is 11.6 Å². The molecule has 2 aromatic rings. The van der Waals surface area contributed by atoms with Crippen LogP contribution in [0.4, 0.5) is 8.78 Å². The first-order valence-electron chi connectivity index (χ1n) is 6.33. The van der Waals surface area contributed by atoms with Crippen LogP contribution in [0.5, 0.6) is 0 Å². The van der Waals surface area contributed by atoms with Crippen LogP contribution in [0.25, 0.3) is 0 Å². The van der Waals surface area contributed by atoms with E-state index in [2.05, 4.69) is 10.5 Å². The molecule has 22 heavy (non-hydrogen) atoms. The molecule has 0 radical (unpaired) electrons. The van der Waals surface area contributed by atoms with Crippen LogP contribution in [-0.4, -0.2) is 16.9 Å². The molecule has 2 N–H and O–H groups in total. The summed E-state index contributed by atoms with van der Waals surface area (Å²) in [4.78, 5) is 16.1. The van der Waals surface area contributed by atoms with Crippen molar-refractivity contribution in [3.63, 3.8) is 0 Å². The first-order valence-corrected chi connectivity index (χ1v) is 6.33. The monoisotopic (exact) mass is 304 g/mol. The third-order valence-electron chi connectivity index (χ3n) is 3.15. The third-order valence-corrected chi connectivity index (χ3v) is 3.15. The van der Waals surface area contributed by atoms with E-state index < -0.39 is 23.8 Å². The van der Waals surface area contributed by atoms with Gasteiger partial charge in [-0.15, -0.1) is 0 Å². The number of aromatic carboxylic acids is 1. The van der Waals surface area contributed by atoms with Gasteiger partial charge in [-0.2, -0.15) is 0 Å². The van der Waals surface area contributed by atoms with E-state index >= 15 is 0 Å². The Morgan fingerprint density at radius 2 is 2.00 bits per heavy atom. The maximum atomic E-state index is 13.2. The van der Waals surface area contributed by atoms with Gasteiger partial charge in [0.15, 0.2) is 17.5 Å². The molecule has 1 heterocycles. The van der Waals surface area contributed by atoms with Crippen LogP contribution >= 0.6 is 0 Å². The molecule has 1 unspecified atom stereocenters. The molecule has 1 atom stereocenters. The van der Waals surface area contributed by atoms with Gasteiger partial charge >= 0.3 is 5.97 Å². The summed E-state index contributed by atoms with van der Waals surface area (Å²) in [5.74, 6) is -2.67. The lowest BCUT2D eigenvalue weighted by Crippen LogP contribution is -2.24. The highest BCUT2D eigenvalue weighted by molar-refractivity contribution is 6.01. The minimum atomic E-state index is -1.06. The summed E-state index contributed by atoms with van der Waals surface area (Å²) >= 11 is 0. The van der Waals surface area contributed by atoms with E-state index in [0.29, 0.717) is 17.0 Å². The highest BCUT2D eigenvalue weighted by Gasteiger charge is 2.23. The minimum absolute atomic E-state index is 0.110. The van der Waals surface area contributed by atoms with Crippen molar-refractivity contribution in [1.82, 2.24) is 5.32 Å². The fourth-order valence-electron chi connectivity index (χ4n) is 2.04. The van der Waals surface area contributed by atoms with Crippen molar-refractivity contribution in [2.24, 2.45) is 5.16 Å². The molecule has 0 amide bonds. The molecule has 112 valence electrons. The molecule has 0 fully saturated rings. The molecular formula is C15H10F2N2O3. The number of nitrogens with one attached hydrogen (secondary N) is 1. The number of benzene rings is 2. The number of oxime groups is 1. The van der Waals surface area contributed by atoms with E-state index in [0.717, 1.165) is 12.1 Å². The van der Waals surface area contributed by atoms with Gasteiger partial charge in [0.25, 0.3) is 0 Å². The van der Waals surface area contributed by atoms with Crippen molar-refractivity contribution in [3.05, 3.63) is 70.8 Å². The average Bonchev–Trinajstić information content (AvgIpc) is 3.00. The number of halogens is 2. The first kappa shape index (κ1) is 14.0. The molecule has 5 nitrogen and oxygen atoms in total. The number of carboxylic acids is 1. The van der Waals surface area contributed by atoms with Crippen molar-refractivity contribution in [2.75, 3.05) is 0 Å². The standard InChI is InChI=1S/C15H10F2N2O3/c16-11-5-4-9(7-12(11)17)14-18-13(19-22-14)8-2-1-3-10(6-8)15(20)21/h1-7,14H,(H,18,19)(H,20,21). The summed E-state index contributed by atoms with van der Waals surface area (Å²) < 4.78 is 26.2. The molecule has 0 aliphatic carbocycles. The SMILES string of the molecule is O=C(O)c1cccc(C2=NOC(c3ccc(F)c(F)c3)N2)c1. The number of carbonyl (C=O) groups is 1. The van der Waals surface area contributed by atoms with Gasteiger partial charge in [0.2, 0.25) is 6.23 Å². The Kier molecular flexibility index (Phi) is 3.46. The van der Waals surface area contributed by atoms with Gasteiger partial charge in [0, 0.05) is 11.1 Å². The number of nitrogens with zero attached hydrogens (tertiary/aromatic N) is 1. The second kappa shape index (κ2) is 5.44. The second-order valence-corrected chi connectivity index (χ2v) is 4.63. The molecular weight excluding hydrogens is 294 g/mol. The van der Waals surface area contributed by atoms with Gasteiger partial charge in [0.1, 0.15) is 0 Å². The smallest absolute Gasteiger partial charge is 0.335 e. The van der Waals surface area contributed by atoms with Crippen LogP contribution in [0.3, 0.4) is 0 Å². The Morgan fingerprint density at radius 1 is 1.18 bits per heavy atom. The van der Waals surface area contributed by atoms with Crippen LogP contribution < -0.4 is 5.32 Å². The predicted octanol–water partition coefficient (Wildman–Crippen LogP) is 2.64. The van der Waals surface area contributed by atoms with E-state index in [-0.39, 0.29) is 5.56 Å². The largest absolute Gasteiger partial charge is 0.478 e. The summed E-state index contributed by atoms with van der Waals surface area (Å²) in [6.45, 7) is 0. The summed E-state index contributed by atoms with van der Waals surface area (Å²) in [7, 11) is 0. The fraction of sp³-hybridized carbons (Fsp3) is 0.0667. The summed E-state index contributed by atoms with van der Waals surface area (Å²) in [6.07, 6.45) is -0.765. The molecule has 0 saturated heterocycles. The highest BCUT2D eigenvalue weighted by atomic mass is 19.2. The fourth-order valence-corrected chi connectivity index (χ4v) is 2.04. The molecule has 7 heteroatoms. The zero-order valence-electron chi connectivity index (χ0n) is 11.1. The van der Waals surface area contributed by atoms with Crippen LogP contribution in [0.2, 0.25) is 0 Å². The molecule has 3 rings (SSSR count). The maximum Gasteiger partial charge on any atom is 0.335 e. The van der Waals surface area contributed by atoms with Crippen molar-refractivity contribution < 1.29 is 23.5 Å². The normalized spacial score (nSPS) is 16.6. The van der Waals surface area contributed by atoms with Gasteiger partial charge in [-0.3, -0.25) is 0 Å². The van der Waals surface area contributed by atoms with E-state index in [1.54, 1.807) is 12.1 Å². The zero-order chi connectivity index (χ0) is 15.7. The number of amidine groups is 1. The lowest BCUT2D eigenvalue weighted by atomic mass is 10.1. The average molecular weight is 304 g/mol. The topological polar surface area (TPSA) is 70.9 Å². The summed E-state index contributed by atoms with van der Waals surface area (Å²) in [5, 5.41) is 15.7. The number of carboxylic acid groups (broad SMARTS) is 1. The van der Waals surface area contributed by atoms with E-state index in [1.807, 2.05) is 0 Å². The Hall–Kier alpha value is -2.96. The van der Waals surface area contributed by atoms with Crippen molar-refractivity contribution in [2.45, 2.75) is 6.23 Å². The molecule has 0 aromatic heterocycles. The second-order valence-electron chi connectivity index (χ2n) is 4.63. The predicted molar refractivity (Wildman–Crippen MR) is 73.3 cm³/mol. The first-order chi connectivity index (χ1) is 10.5. The minimum Gasteiger partial charge on any atom is -0.478 e. The summed E-state index contributed by atoms with van der Waals surface area (Å²) in [5.41, 5.74) is 0.996. The summed E-state index contributed by atoms with van der Waals surface area (Å²) in [6, 6.07) is 9.52. The zero-order valence-corrected chi connectivity index (χ0v) is 11.1. The molecule has 1 aliphatic rings. The Labute approximate surface area is 123 Å². The number of hydrogen-bond donors (Lipinski definition) is 2. The van der Waals surface area contributed by atoms with Crippen LogP contribution in [0.15, 0.2) is 47.6 Å². The van der Waals surface area contributed by atoms with Gasteiger partial charge in [-0.1, -0.05) is 23.4 Å². The van der Waals surface area contributed by atoms with Gasteiger partial charge in [0.05, 0.1) is 5.56 Å². The molecule has 0 bridgehead atoms. The van der Waals surface area contributed by atoms with Gasteiger partial charge < -0.3 is 15.3 Å². The van der Waals surface area contributed by atoms with E-state index in [4.69, 9.17) is 9.94 Å². The molecule has 1 aliphatic heterocycles. The maximum absolute atomic E-state index is 13.2. The Balaban J connectivity index is 1.80. The van der Waals surface area contributed by atoms with Crippen LogP contribution in [0.1, 0.15) is 27.7 Å². The van der Waals surface area contributed by atoms with Crippen molar-refractivity contribution in [3.8, 4) is 0 Å². The van der Waals surface area contributed by atoms with E-state index in [1.165, 1.54) is 18.2 Å². The molecule has 0 spiro atoms. The van der Waals surface area contributed by atoms with Gasteiger partial charge in [-0.25, -0.2) is 13.6 Å².